The summed E-state index contributed by atoms with van der Waals surface area (Å²) in [5.74, 6) is 0. The Labute approximate surface area is 92.0 Å². The molecule has 0 amide bonds. The Bertz CT molecular complexity index is 476. The standard InChI is InChI=1S/C10H10N4O2/c1-8-4-5-10(14(15)16)9(7-8)3-2-6-12-13-11/h2-5,7H,6H2,1H3. The zero-order chi connectivity index (χ0) is 12.0. The normalized spacial score (nSPS) is 10.1. The summed E-state index contributed by atoms with van der Waals surface area (Å²) in [4.78, 5) is 12.9. The summed E-state index contributed by atoms with van der Waals surface area (Å²) in [5.41, 5.74) is 9.56. The second kappa shape index (κ2) is 5.53. The van der Waals surface area contributed by atoms with Crippen molar-refractivity contribution >= 4 is 11.8 Å². The highest BCUT2D eigenvalue weighted by Gasteiger charge is 2.10. The van der Waals surface area contributed by atoms with E-state index in [2.05, 4.69) is 10.0 Å². The first kappa shape index (κ1) is 11.7. The van der Waals surface area contributed by atoms with E-state index in [-0.39, 0.29) is 12.2 Å². The minimum atomic E-state index is -0.438. The number of nitro benzene ring substituents is 1. The van der Waals surface area contributed by atoms with Crippen LogP contribution in [0.25, 0.3) is 16.5 Å². The first-order valence-electron chi connectivity index (χ1n) is 4.57. The Balaban J connectivity index is 3.00. The Hall–Kier alpha value is -2.33. The van der Waals surface area contributed by atoms with Gasteiger partial charge in [-0.3, -0.25) is 10.1 Å². The van der Waals surface area contributed by atoms with Crippen LogP contribution >= 0.6 is 0 Å². The third kappa shape index (κ3) is 3.11. The van der Waals surface area contributed by atoms with Gasteiger partial charge >= 0.3 is 0 Å². The van der Waals surface area contributed by atoms with Crippen molar-refractivity contribution in [2.45, 2.75) is 6.92 Å². The van der Waals surface area contributed by atoms with Crippen LogP contribution in [-0.4, -0.2) is 11.5 Å². The molecular weight excluding hydrogens is 208 g/mol. The lowest BCUT2D eigenvalue weighted by atomic mass is 10.1. The predicted octanol–water partition coefficient (Wildman–Crippen LogP) is 3.23. The lowest BCUT2D eigenvalue weighted by Crippen LogP contribution is -1.91. The van der Waals surface area contributed by atoms with E-state index in [1.165, 1.54) is 6.07 Å². The number of aryl methyl sites for hydroxylation is 1. The zero-order valence-electron chi connectivity index (χ0n) is 8.70. The molecular formula is C10H10N4O2. The lowest BCUT2D eigenvalue weighted by molar-refractivity contribution is -0.385. The van der Waals surface area contributed by atoms with Gasteiger partial charge in [-0.15, -0.1) is 0 Å². The molecule has 0 aliphatic heterocycles. The summed E-state index contributed by atoms with van der Waals surface area (Å²) in [6.07, 6.45) is 3.17. The quantitative estimate of drug-likeness (QED) is 0.255. The fourth-order valence-corrected chi connectivity index (χ4v) is 1.24. The zero-order valence-corrected chi connectivity index (χ0v) is 8.70. The van der Waals surface area contributed by atoms with E-state index in [1.807, 2.05) is 6.92 Å². The Morgan fingerprint density at radius 3 is 3.00 bits per heavy atom. The van der Waals surface area contributed by atoms with Gasteiger partial charge in [0.25, 0.3) is 5.69 Å². The van der Waals surface area contributed by atoms with Crippen LogP contribution in [0.2, 0.25) is 0 Å². The fourth-order valence-electron chi connectivity index (χ4n) is 1.24. The lowest BCUT2D eigenvalue weighted by Gasteiger charge is -1.98. The van der Waals surface area contributed by atoms with Crippen molar-refractivity contribution in [3.8, 4) is 0 Å². The number of nitrogens with zero attached hydrogens (tertiary/aromatic N) is 4. The van der Waals surface area contributed by atoms with Crippen molar-refractivity contribution in [1.29, 1.82) is 0 Å². The van der Waals surface area contributed by atoms with Crippen LogP contribution in [0.4, 0.5) is 5.69 Å². The maximum atomic E-state index is 10.7. The number of benzene rings is 1. The van der Waals surface area contributed by atoms with Gasteiger partial charge in [0.1, 0.15) is 0 Å². The molecule has 0 fully saturated rings. The minimum Gasteiger partial charge on any atom is -0.258 e. The molecule has 6 heteroatoms. The first-order valence-corrected chi connectivity index (χ1v) is 4.57. The SMILES string of the molecule is Cc1ccc([N+](=O)[O-])c(C=CCN=[N+]=[N-])c1. The van der Waals surface area contributed by atoms with Crippen molar-refractivity contribution in [1.82, 2.24) is 0 Å². The highest BCUT2D eigenvalue weighted by Crippen LogP contribution is 2.20. The average Bonchev–Trinajstić information content (AvgIpc) is 2.24. The van der Waals surface area contributed by atoms with E-state index in [0.717, 1.165) is 5.56 Å². The van der Waals surface area contributed by atoms with Crippen molar-refractivity contribution in [3.63, 3.8) is 0 Å². The molecule has 0 aliphatic rings. The van der Waals surface area contributed by atoms with E-state index < -0.39 is 4.92 Å². The molecule has 0 aromatic heterocycles. The third-order valence-electron chi connectivity index (χ3n) is 1.93. The van der Waals surface area contributed by atoms with Crippen molar-refractivity contribution in [2.24, 2.45) is 5.11 Å². The number of nitro groups is 1. The second-order valence-electron chi connectivity index (χ2n) is 3.14. The fraction of sp³-hybridized carbons (Fsp3) is 0.200. The van der Waals surface area contributed by atoms with Gasteiger partial charge in [-0.05, 0) is 18.5 Å². The molecule has 0 spiro atoms. The Morgan fingerprint density at radius 1 is 1.62 bits per heavy atom. The highest BCUT2D eigenvalue weighted by atomic mass is 16.6. The predicted molar refractivity (Wildman–Crippen MR) is 60.9 cm³/mol. The van der Waals surface area contributed by atoms with Gasteiger partial charge in [-0.2, -0.15) is 0 Å². The molecule has 0 unspecified atom stereocenters. The molecule has 0 aliphatic carbocycles. The van der Waals surface area contributed by atoms with E-state index in [4.69, 9.17) is 5.53 Å². The van der Waals surface area contributed by atoms with E-state index in [1.54, 1.807) is 24.3 Å². The summed E-state index contributed by atoms with van der Waals surface area (Å²) in [6.45, 7) is 2.04. The van der Waals surface area contributed by atoms with Gasteiger partial charge < -0.3 is 0 Å². The Kier molecular flexibility index (Phi) is 4.06. The molecule has 0 atom stereocenters. The molecule has 0 saturated carbocycles. The minimum absolute atomic E-state index is 0.0442. The number of azide groups is 1. The summed E-state index contributed by atoms with van der Waals surface area (Å²) in [6, 6.07) is 4.86. The summed E-state index contributed by atoms with van der Waals surface area (Å²) in [5, 5.41) is 14.0. The van der Waals surface area contributed by atoms with Gasteiger partial charge in [0, 0.05) is 17.5 Å². The number of hydrogen-bond acceptors (Lipinski definition) is 3. The van der Waals surface area contributed by atoms with Crippen molar-refractivity contribution in [3.05, 3.63) is 56.0 Å². The van der Waals surface area contributed by atoms with Gasteiger partial charge in [-0.1, -0.05) is 28.9 Å². The first-order chi connectivity index (χ1) is 7.65. The van der Waals surface area contributed by atoms with Gasteiger partial charge in [0.15, 0.2) is 0 Å². The molecule has 16 heavy (non-hydrogen) atoms. The largest absolute Gasteiger partial charge is 0.276 e. The number of hydrogen-bond donors (Lipinski definition) is 0. The van der Waals surface area contributed by atoms with Crippen LogP contribution in [0.15, 0.2) is 29.4 Å². The second-order valence-corrected chi connectivity index (χ2v) is 3.14. The van der Waals surface area contributed by atoms with Crippen LogP contribution in [0.5, 0.6) is 0 Å². The highest BCUT2D eigenvalue weighted by molar-refractivity contribution is 5.61. The van der Waals surface area contributed by atoms with Crippen LogP contribution in [0.3, 0.4) is 0 Å². The van der Waals surface area contributed by atoms with E-state index in [9.17, 15) is 10.1 Å². The molecule has 0 N–H and O–H groups in total. The van der Waals surface area contributed by atoms with E-state index >= 15 is 0 Å². The van der Waals surface area contributed by atoms with E-state index in [0.29, 0.717) is 5.56 Å². The maximum Gasteiger partial charge on any atom is 0.276 e. The summed E-state index contributed by atoms with van der Waals surface area (Å²) >= 11 is 0. The maximum absolute atomic E-state index is 10.7. The van der Waals surface area contributed by atoms with Crippen LogP contribution in [0.1, 0.15) is 11.1 Å². The Morgan fingerprint density at radius 2 is 2.38 bits per heavy atom. The molecule has 0 bridgehead atoms. The summed E-state index contributed by atoms with van der Waals surface area (Å²) in [7, 11) is 0. The molecule has 0 heterocycles. The van der Waals surface area contributed by atoms with Gasteiger partial charge in [-0.25, -0.2) is 0 Å². The molecule has 1 aromatic carbocycles. The van der Waals surface area contributed by atoms with Gasteiger partial charge in [0.05, 0.1) is 10.5 Å². The van der Waals surface area contributed by atoms with Crippen molar-refractivity contribution in [2.75, 3.05) is 6.54 Å². The van der Waals surface area contributed by atoms with Crippen LogP contribution in [-0.2, 0) is 0 Å². The smallest absolute Gasteiger partial charge is 0.258 e. The average molecular weight is 218 g/mol. The molecule has 0 saturated heterocycles. The van der Waals surface area contributed by atoms with Crippen LogP contribution in [0, 0.1) is 17.0 Å². The molecule has 82 valence electrons. The summed E-state index contributed by atoms with van der Waals surface area (Å²) < 4.78 is 0. The molecule has 6 nitrogen and oxygen atoms in total. The monoisotopic (exact) mass is 218 g/mol. The molecule has 0 radical (unpaired) electrons. The molecule has 1 rings (SSSR count). The van der Waals surface area contributed by atoms with Gasteiger partial charge in [0.2, 0.25) is 0 Å². The topological polar surface area (TPSA) is 91.9 Å². The number of rotatable bonds is 4. The van der Waals surface area contributed by atoms with Crippen molar-refractivity contribution < 1.29 is 4.92 Å². The third-order valence-corrected chi connectivity index (χ3v) is 1.93. The molecule has 1 aromatic rings. The van der Waals surface area contributed by atoms with Crippen LogP contribution < -0.4 is 0 Å².